The minimum atomic E-state index is 0. The second-order valence-corrected chi connectivity index (χ2v) is 4.83. The van der Waals surface area contributed by atoms with Crippen LogP contribution in [0.5, 0.6) is 0 Å². The quantitative estimate of drug-likeness (QED) is 0.256. The van der Waals surface area contributed by atoms with Crippen LogP contribution in [0.3, 0.4) is 0 Å². The number of nitrogens with zero attached hydrogens (tertiary/aromatic N) is 1. The van der Waals surface area contributed by atoms with E-state index in [-0.39, 0.29) is 24.0 Å². The Labute approximate surface area is 139 Å². The third kappa shape index (κ3) is 7.39. The van der Waals surface area contributed by atoms with Gasteiger partial charge in [0.25, 0.3) is 0 Å². The molecule has 0 bridgehead atoms. The number of unbranched alkanes of at least 4 members (excludes halogenated alkanes) is 2. The molecule has 0 heterocycles. The molecular formula is C16H24IN3. The molecule has 0 saturated carbocycles. The lowest BCUT2D eigenvalue weighted by atomic mass is 10.0. The summed E-state index contributed by atoms with van der Waals surface area (Å²) in [4.78, 5) is 4.28. The smallest absolute Gasteiger partial charge is 0.193 e. The Morgan fingerprint density at radius 1 is 1.40 bits per heavy atom. The SMILES string of the molecule is C#CCCCCN=C(N)Nc1cccc(C(C)C)c1.I. The normalized spacial score (nSPS) is 10.8. The topological polar surface area (TPSA) is 50.4 Å². The van der Waals surface area contributed by atoms with Crippen molar-refractivity contribution < 1.29 is 0 Å². The van der Waals surface area contributed by atoms with Crippen LogP contribution in [0.1, 0.15) is 44.6 Å². The predicted molar refractivity (Wildman–Crippen MR) is 98.7 cm³/mol. The minimum Gasteiger partial charge on any atom is -0.370 e. The van der Waals surface area contributed by atoms with Crippen molar-refractivity contribution in [1.29, 1.82) is 0 Å². The maximum absolute atomic E-state index is 5.85. The van der Waals surface area contributed by atoms with Crippen LogP contribution in [0.2, 0.25) is 0 Å². The van der Waals surface area contributed by atoms with Gasteiger partial charge in [0, 0.05) is 18.7 Å². The molecule has 0 aromatic heterocycles. The fourth-order valence-electron chi connectivity index (χ4n) is 1.70. The van der Waals surface area contributed by atoms with Crippen molar-refractivity contribution in [2.24, 2.45) is 10.7 Å². The summed E-state index contributed by atoms with van der Waals surface area (Å²) in [5.74, 6) is 3.58. The zero-order chi connectivity index (χ0) is 14.1. The van der Waals surface area contributed by atoms with Crippen molar-refractivity contribution in [3.05, 3.63) is 29.8 Å². The first-order valence-electron chi connectivity index (χ1n) is 6.74. The molecule has 0 amide bonds. The molecule has 0 fully saturated rings. The monoisotopic (exact) mass is 385 g/mol. The Kier molecular flexibility index (Phi) is 9.91. The van der Waals surface area contributed by atoms with E-state index in [1.54, 1.807) is 0 Å². The molecule has 0 saturated heterocycles. The summed E-state index contributed by atoms with van der Waals surface area (Å²) in [6.07, 6.45) is 7.96. The van der Waals surface area contributed by atoms with Crippen LogP contribution in [0.25, 0.3) is 0 Å². The van der Waals surface area contributed by atoms with E-state index in [2.05, 4.69) is 42.2 Å². The largest absolute Gasteiger partial charge is 0.370 e. The average Bonchev–Trinajstić information content (AvgIpc) is 2.38. The molecule has 0 unspecified atom stereocenters. The Morgan fingerprint density at radius 2 is 2.15 bits per heavy atom. The van der Waals surface area contributed by atoms with E-state index in [1.165, 1.54) is 5.56 Å². The molecule has 0 aliphatic carbocycles. The number of nitrogens with two attached hydrogens (primary N) is 1. The highest BCUT2D eigenvalue weighted by molar-refractivity contribution is 14.0. The van der Waals surface area contributed by atoms with Crippen molar-refractivity contribution in [2.75, 3.05) is 11.9 Å². The predicted octanol–water partition coefficient (Wildman–Crippen LogP) is 3.96. The summed E-state index contributed by atoms with van der Waals surface area (Å²) in [5, 5.41) is 3.12. The second kappa shape index (κ2) is 10.6. The number of halogens is 1. The second-order valence-electron chi connectivity index (χ2n) is 4.83. The van der Waals surface area contributed by atoms with Gasteiger partial charge >= 0.3 is 0 Å². The number of benzene rings is 1. The van der Waals surface area contributed by atoms with E-state index in [1.807, 2.05) is 12.1 Å². The summed E-state index contributed by atoms with van der Waals surface area (Å²) >= 11 is 0. The van der Waals surface area contributed by atoms with E-state index in [4.69, 9.17) is 12.2 Å². The Bertz CT molecular complexity index is 461. The fourth-order valence-corrected chi connectivity index (χ4v) is 1.70. The molecule has 4 heteroatoms. The molecule has 0 atom stereocenters. The standard InChI is InChI=1S/C16H23N3.HI/c1-4-5-6-7-11-18-16(17)19-15-10-8-9-14(12-15)13(2)3;/h1,8-10,12-13H,5-7,11H2,2-3H3,(H3,17,18,19);1H. The highest BCUT2D eigenvalue weighted by Gasteiger charge is 2.00. The maximum atomic E-state index is 5.85. The number of rotatable bonds is 6. The molecule has 3 N–H and O–H groups in total. The molecule has 0 radical (unpaired) electrons. The molecule has 110 valence electrons. The minimum absolute atomic E-state index is 0. The maximum Gasteiger partial charge on any atom is 0.193 e. The lowest BCUT2D eigenvalue weighted by molar-refractivity contribution is 0.768. The number of anilines is 1. The van der Waals surface area contributed by atoms with Gasteiger partial charge in [-0.2, -0.15) is 0 Å². The van der Waals surface area contributed by atoms with E-state index >= 15 is 0 Å². The third-order valence-corrected chi connectivity index (χ3v) is 2.84. The van der Waals surface area contributed by atoms with Crippen LogP contribution in [-0.4, -0.2) is 12.5 Å². The number of hydrogen-bond donors (Lipinski definition) is 2. The summed E-state index contributed by atoms with van der Waals surface area (Å²) in [7, 11) is 0. The van der Waals surface area contributed by atoms with Gasteiger partial charge in [-0.1, -0.05) is 26.0 Å². The molecule has 0 aliphatic heterocycles. The average molecular weight is 385 g/mol. The summed E-state index contributed by atoms with van der Waals surface area (Å²) in [6.45, 7) is 5.05. The molecular weight excluding hydrogens is 361 g/mol. The number of aliphatic imine (C=N–C) groups is 1. The summed E-state index contributed by atoms with van der Waals surface area (Å²) in [5.41, 5.74) is 8.11. The lowest BCUT2D eigenvalue weighted by Gasteiger charge is -2.09. The number of terminal acetylenes is 1. The van der Waals surface area contributed by atoms with Gasteiger partial charge in [0.2, 0.25) is 0 Å². The van der Waals surface area contributed by atoms with E-state index in [0.29, 0.717) is 18.4 Å². The number of guanidine groups is 1. The van der Waals surface area contributed by atoms with Gasteiger partial charge in [0.1, 0.15) is 0 Å². The molecule has 0 aliphatic rings. The van der Waals surface area contributed by atoms with Gasteiger partial charge in [-0.05, 0) is 36.5 Å². The van der Waals surface area contributed by atoms with Crippen molar-refractivity contribution in [2.45, 2.75) is 39.0 Å². The van der Waals surface area contributed by atoms with E-state index in [9.17, 15) is 0 Å². The number of hydrogen-bond acceptors (Lipinski definition) is 1. The van der Waals surface area contributed by atoms with E-state index < -0.39 is 0 Å². The summed E-state index contributed by atoms with van der Waals surface area (Å²) < 4.78 is 0. The lowest BCUT2D eigenvalue weighted by Crippen LogP contribution is -2.22. The molecule has 1 rings (SSSR count). The molecule has 0 spiro atoms. The third-order valence-electron chi connectivity index (χ3n) is 2.84. The van der Waals surface area contributed by atoms with Gasteiger partial charge in [0.05, 0.1) is 0 Å². The summed E-state index contributed by atoms with van der Waals surface area (Å²) in [6, 6.07) is 8.23. The van der Waals surface area contributed by atoms with Crippen LogP contribution in [0.4, 0.5) is 5.69 Å². The first-order chi connectivity index (χ1) is 9.13. The van der Waals surface area contributed by atoms with Crippen molar-refractivity contribution in [3.63, 3.8) is 0 Å². The van der Waals surface area contributed by atoms with Crippen molar-refractivity contribution >= 4 is 35.6 Å². The first-order valence-corrected chi connectivity index (χ1v) is 6.74. The van der Waals surface area contributed by atoms with Crippen LogP contribution < -0.4 is 11.1 Å². The highest BCUT2D eigenvalue weighted by Crippen LogP contribution is 2.18. The molecule has 20 heavy (non-hydrogen) atoms. The first kappa shape index (κ1) is 18.8. The number of nitrogens with one attached hydrogen (secondary N) is 1. The molecule has 3 nitrogen and oxygen atoms in total. The zero-order valence-electron chi connectivity index (χ0n) is 12.2. The van der Waals surface area contributed by atoms with Gasteiger partial charge in [-0.25, -0.2) is 0 Å². The van der Waals surface area contributed by atoms with Crippen LogP contribution in [0.15, 0.2) is 29.3 Å². The van der Waals surface area contributed by atoms with E-state index in [0.717, 1.165) is 24.9 Å². The van der Waals surface area contributed by atoms with Crippen LogP contribution in [0, 0.1) is 12.3 Å². The van der Waals surface area contributed by atoms with Crippen molar-refractivity contribution in [3.8, 4) is 12.3 Å². The highest BCUT2D eigenvalue weighted by atomic mass is 127. The van der Waals surface area contributed by atoms with Crippen LogP contribution >= 0.6 is 24.0 Å². The van der Waals surface area contributed by atoms with Gasteiger partial charge in [-0.3, -0.25) is 4.99 Å². The van der Waals surface area contributed by atoms with Gasteiger partial charge in [-0.15, -0.1) is 36.3 Å². The fraction of sp³-hybridized carbons (Fsp3) is 0.438. The Balaban J connectivity index is 0.00000361. The van der Waals surface area contributed by atoms with Crippen molar-refractivity contribution in [1.82, 2.24) is 0 Å². The molecule has 1 aromatic rings. The zero-order valence-corrected chi connectivity index (χ0v) is 14.6. The van der Waals surface area contributed by atoms with Crippen LogP contribution in [-0.2, 0) is 0 Å². The Morgan fingerprint density at radius 3 is 2.80 bits per heavy atom. The Hall–Kier alpha value is -1.22. The molecule has 1 aromatic carbocycles. The van der Waals surface area contributed by atoms with Gasteiger partial charge < -0.3 is 11.1 Å². The van der Waals surface area contributed by atoms with Gasteiger partial charge in [0.15, 0.2) is 5.96 Å².